The Balaban J connectivity index is 2.35. The van der Waals surface area contributed by atoms with Gasteiger partial charge in [0.1, 0.15) is 0 Å². The number of esters is 6. The van der Waals surface area contributed by atoms with Gasteiger partial charge >= 0.3 is 35.8 Å². The van der Waals surface area contributed by atoms with Crippen LogP contribution in [-0.2, 0) is 43.0 Å². The van der Waals surface area contributed by atoms with Gasteiger partial charge in [0.05, 0.1) is 24.2 Å². The van der Waals surface area contributed by atoms with E-state index in [4.69, 9.17) is 0 Å². The molecule has 28 heavy (non-hydrogen) atoms. The van der Waals surface area contributed by atoms with Crippen LogP contribution in [-0.4, -0.2) is 35.8 Å². The standard InChI is InChI=1S/C19H18O9/c1-4-13(20)26-18(24)12-7-10(11-8-15(22)28-17(11)23)6-9(3)16(12)19(25)27-14(21)5-2/h4-6,10-12,16H,1-2,7-8H2,3H3. The molecule has 4 atom stereocenters. The summed E-state index contributed by atoms with van der Waals surface area (Å²) >= 11 is 0. The van der Waals surface area contributed by atoms with E-state index in [-0.39, 0.29) is 12.8 Å². The van der Waals surface area contributed by atoms with Crippen molar-refractivity contribution < 1.29 is 43.0 Å². The largest absolute Gasteiger partial charge is 0.393 e. The van der Waals surface area contributed by atoms with Crippen LogP contribution in [0.5, 0.6) is 0 Å². The quantitative estimate of drug-likeness (QED) is 0.220. The summed E-state index contributed by atoms with van der Waals surface area (Å²) in [5.41, 5.74) is 0.332. The molecule has 0 aromatic carbocycles. The fourth-order valence-electron chi connectivity index (χ4n) is 3.36. The SMILES string of the molecule is C=CC(=O)OC(=O)C1CC(C2CC(=O)OC2=O)C=C(C)C1C(=O)OC(=O)C=C. The van der Waals surface area contributed by atoms with Crippen LogP contribution in [0.4, 0.5) is 0 Å². The molecule has 4 unspecified atom stereocenters. The Kier molecular flexibility index (Phi) is 6.40. The van der Waals surface area contributed by atoms with E-state index in [0.29, 0.717) is 5.57 Å². The molecular formula is C19H18O9. The summed E-state index contributed by atoms with van der Waals surface area (Å²) in [4.78, 5) is 70.9. The van der Waals surface area contributed by atoms with Gasteiger partial charge in [-0.2, -0.15) is 0 Å². The van der Waals surface area contributed by atoms with Gasteiger partial charge in [-0.15, -0.1) is 0 Å². The van der Waals surface area contributed by atoms with Crippen molar-refractivity contribution >= 4 is 35.8 Å². The highest BCUT2D eigenvalue weighted by Gasteiger charge is 2.47. The zero-order chi connectivity index (χ0) is 21.0. The van der Waals surface area contributed by atoms with Gasteiger partial charge in [0.15, 0.2) is 0 Å². The Morgan fingerprint density at radius 2 is 1.64 bits per heavy atom. The van der Waals surface area contributed by atoms with E-state index in [9.17, 15) is 28.8 Å². The van der Waals surface area contributed by atoms with Crippen molar-refractivity contribution in [3.63, 3.8) is 0 Å². The third-order valence-corrected chi connectivity index (χ3v) is 4.61. The summed E-state index contributed by atoms with van der Waals surface area (Å²) in [5, 5.41) is 0. The molecule has 1 aliphatic carbocycles. The maximum atomic E-state index is 12.5. The lowest BCUT2D eigenvalue weighted by Gasteiger charge is -2.33. The molecule has 0 radical (unpaired) electrons. The minimum Gasteiger partial charge on any atom is -0.393 e. The normalized spacial score (nSPS) is 26.5. The summed E-state index contributed by atoms with van der Waals surface area (Å²) in [6.07, 6.45) is 2.88. The van der Waals surface area contributed by atoms with Gasteiger partial charge in [0, 0.05) is 12.2 Å². The number of allylic oxidation sites excluding steroid dienone is 1. The number of hydrogen-bond acceptors (Lipinski definition) is 9. The Morgan fingerprint density at radius 1 is 1.07 bits per heavy atom. The van der Waals surface area contributed by atoms with Crippen molar-refractivity contribution in [1.29, 1.82) is 0 Å². The first-order valence-corrected chi connectivity index (χ1v) is 8.37. The van der Waals surface area contributed by atoms with Crippen LogP contribution in [0.25, 0.3) is 0 Å². The molecule has 0 bridgehead atoms. The van der Waals surface area contributed by atoms with E-state index < -0.39 is 59.5 Å². The maximum Gasteiger partial charge on any atom is 0.337 e. The zero-order valence-corrected chi connectivity index (χ0v) is 15.0. The molecule has 9 nitrogen and oxygen atoms in total. The highest BCUT2D eigenvalue weighted by Crippen LogP contribution is 2.41. The van der Waals surface area contributed by atoms with E-state index in [1.807, 2.05) is 0 Å². The van der Waals surface area contributed by atoms with Crippen LogP contribution in [0.2, 0.25) is 0 Å². The van der Waals surface area contributed by atoms with Crippen LogP contribution in [0, 0.1) is 23.7 Å². The first-order valence-electron chi connectivity index (χ1n) is 8.37. The molecule has 0 saturated carbocycles. The van der Waals surface area contributed by atoms with Gasteiger partial charge in [0.2, 0.25) is 0 Å². The second-order valence-electron chi connectivity index (χ2n) is 6.39. The molecule has 1 heterocycles. The fourth-order valence-corrected chi connectivity index (χ4v) is 3.36. The molecule has 2 aliphatic rings. The predicted molar refractivity (Wildman–Crippen MR) is 90.6 cm³/mol. The van der Waals surface area contributed by atoms with Crippen LogP contribution in [0.1, 0.15) is 19.8 Å². The Bertz CT molecular complexity index is 804. The summed E-state index contributed by atoms with van der Waals surface area (Å²) in [7, 11) is 0. The summed E-state index contributed by atoms with van der Waals surface area (Å²) in [6, 6.07) is 0. The van der Waals surface area contributed by atoms with Crippen molar-refractivity contribution in [1.82, 2.24) is 0 Å². The van der Waals surface area contributed by atoms with Crippen LogP contribution in [0.15, 0.2) is 37.0 Å². The lowest BCUT2D eigenvalue weighted by atomic mass is 9.70. The molecule has 0 amide bonds. The van der Waals surface area contributed by atoms with Gasteiger partial charge in [-0.3, -0.25) is 19.2 Å². The molecule has 0 N–H and O–H groups in total. The fraction of sp³-hybridized carbons (Fsp3) is 0.368. The Labute approximate surface area is 160 Å². The van der Waals surface area contributed by atoms with E-state index in [0.717, 1.165) is 12.2 Å². The minimum atomic E-state index is -1.22. The van der Waals surface area contributed by atoms with E-state index >= 15 is 0 Å². The first kappa shape index (κ1) is 20.9. The van der Waals surface area contributed by atoms with Gasteiger partial charge in [0.25, 0.3) is 0 Å². The minimum absolute atomic E-state index is 0.0876. The van der Waals surface area contributed by atoms with Crippen LogP contribution < -0.4 is 0 Å². The Morgan fingerprint density at radius 3 is 2.14 bits per heavy atom. The molecule has 9 heteroatoms. The van der Waals surface area contributed by atoms with Crippen LogP contribution >= 0.6 is 0 Å². The summed E-state index contributed by atoms with van der Waals surface area (Å²) < 4.78 is 13.8. The molecule has 1 saturated heterocycles. The third-order valence-electron chi connectivity index (χ3n) is 4.61. The molecular weight excluding hydrogens is 372 g/mol. The van der Waals surface area contributed by atoms with Crippen molar-refractivity contribution in [3.05, 3.63) is 37.0 Å². The monoisotopic (exact) mass is 390 g/mol. The van der Waals surface area contributed by atoms with Crippen LogP contribution in [0.3, 0.4) is 0 Å². The zero-order valence-electron chi connectivity index (χ0n) is 15.0. The van der Waals surface area contributed by atoms with E-state index in [2.05, 4.69) is 27.4 Å². The predicted octanol–water partition coefficient (Wildman–Crippen LogP) is 0.786. The lowest BCUT2D eigenvalue weighted by Crippen LogP contribution is -2.40. The highest BCUT2D eigenvalue weighted by atomic mass is 16.6. The van der Waals surface area contributed by atoms with Crippen molar-refractivity contribution in [2.24, 2.45) is 23.7 Å². The molecule has 0 spiro atoms. The van der Waals surface area contributed by atoms with Crippen molar-refractivity contribution in [3.8, 4) is 0 Å². The third kappa shape index (κ3) is 4.48. The van der Waals surface area contributed by atoms with E-state index in [1.54, 1.807) is 6.08 Å². The van der Waals surface area contributed by atoms with Gasteiger partial charge in [-0.25, -0.2) is 9.59 Å². The second kappa shape index (κ2) is 8.55. The maximum absolute atomic E-state index is 12.5. The average Bonchev–Trinajstić information content (AvgIpc) is 2.98. The Hall–Kier alpha value is -3.36. The number of cyclic esters (lactones) is 2. The highest BCUT2D eigenvalue weighted by molar-refractivity contribution is 5.98. The number of carbonyl (C=O) groups is 6. The number of hydrogen-bond donors (Lipinski definition) is 0. The average molecular weight is 390 g/mol. The van der Waals surface area contributed by atoms with Crippen molar-refractivity contribution in [2.75, 3.05) is 0 Å². The summed E-state index contributed by atoms with van der Waals surface area (Å²) in [5.74, 6) is -9.32. The van der Waals surface area contributed by atoms with Gasteiger partial charge in [-0.1, -0.05) is 24.8 Å². The number of carbonyl (C=O) groups excluding carboxylic acids is 6. The second-order valence-corrected chi connectivity index (χ2v) is 6.39. The molecule has 0 aromatic heterocycles. The topological polar surface area (TPSA) is 130 Å². The molecule has 1 fully saturated rings. The van der Waals surface area contributed by atoms with Gasteiger partial charge in [-0.05, 0) is 19.3 Å². The molecule has 2 rings (SSSR count). The lowest BCUT2D eigenvalue weighted by molar-refractivity contribution is -0.169. The molecule has 1 aliphatic heterocycles. The molecule has 148 valence electrons. The summed E-state index contributed by atoms with van der Waals surface area (Å²) in [6.45, 7) is 7.89. The van der Waals surface area contributed by atoms with E-state index in [1.165, 1.54) is 6.92 Å². The van der Waals surface area contributed by atoms with Gasteiger partial charge < -0.3 is 14.2 Å². The van der Waals surface area contributed by atoms with Crippen molar-refractivity contribution in [2.45, 2.75) is 19.8 Å². The smallest absolute Gasteiger partial charge is 0.337 e. The number of rotatable bonds is 5. The molecule has 0 aromatic rings. The number of ether oxygens (including phenoxy) is 3. The first-order chi connectivity index (χ1) is 13.2.